The molecule has 132 valence electrons. The van der Waals surface area contributed by atoms with E-state index in [0.29, 0.717) is 16.6 Å². The highest BCUT2D eigenvalue weighted by atomic mass is 35.5. The van der Waals surface area contributed by atoms with Gasteiger partial charge in [0.15, 0.2) is 0 Å². The molecule has 0 radical (unpaired) electrons. The standard InChI is InChI=1S/C20H22Cl2N2O/c1-2-19(13-6-4-3-5-7-13)24-20(25)16-12-23-11-15(16)14-8-9-17(21)18(22)10-14/h3-10,15-16,19,23H,2,11-12H2,1H3,(H,24,25). The van der Waals surface area contributed by atoms with Gasteiger partial charge in [-0.1, -0.05) is 66.5 Å². The lowest BCUT2D eigenvalue weighted by Crippen LogP contribution is -2.36. The van der Waals surface area contributed by atoms with Crippen molar-refractivity contribution in [1.29, 1.82) is 0 Å². The van der Waals surface area contributed by atoms with Gasteiger partial charge in [0, 0.05) is 19.0 Å². The van der Waals surface area contributed by atoms with Crippen LogP contribution in [0.1, 0.15) is 36.4 Å². The van der Waals surface area contributed by atoms with Crippen LogP contribution in [-0.4, -0.2) is 19.0 Å². The molecule has 0 bridgehead atoms. The Labute approximate surface area is 158 Å². The predicted octanol–water partition coefficient (Wildman–Crippen LogP) is 4.56. The lowest BCUT2D eigenvalue weighted by Gasteiger charge is -2.23. The normalized spacial score (nSPS) is 21.1. The Morgan fingerprint density at radius 1 is 1.16 bits per heavy atom. The number of halogens is 2. The summed E-state index contributed by atoms with van der Waals surface area (Å²) in [7, 11) is 0. The van der Waals surface area contributed by atoms with Crippen molar-refractivity contribution < 1.29 is 4.79 Å². The fraction of sp³-hybridized carbons (Fsp3) is 0.350. The van der Waals surface area contributed by atoms with Crippen molar-refractivity contribution in [2.45, 2.75) is 25.3 Å². The number of carbonyl (C=O) groups excluding carboxylic acids is 1. The Balaban J connectivity index is 1.75. The molecule has 1 fully saturated rings. The summed E-state index contributed by atoms with van der Waals surface area (Å²) in [5.41, 5.74) is 2.18. The summed E-state index contributed by atoms with van der Waals surface area (Å²) in [6, 6.07) is 15.8. The molecular formula is C20H22Cl2N2O. The average molecular weight is 377 g/mol. The van der Waals surface area contributed by atoms with Gasteiger partial charge in [0.05, 0.1) is 22.0 Å². The third-order valence-corrected chi connectivity index (χ3v) is 5.59. The zero-order valence-corrected chi connectivity index (χ0v) is 15.6. The second-order valence-corrected chi connectivity index (χ2v) is 7.24. The molecule has 3 nitrogen and oxygen atoms in total. The van der Waals surface area contributed by atoms with Crippen LogP contribution in [0.15, 0.2) is 48.5 Å². The molecule has 1 heterocycles. The second-order valence-electron chi connectivity index (χ2n) is 6.42. The van der Waals surface area contributed by atoms with E-state index in [-0.39, 0.29) is 23.8 Å². The summed E-state index contributed by atoms with van der Waals surface area (Å²) in [4.78, 5) is 12.9. The Kier molecular flexibility index (Phi) is 6.00. The molecule has 2 aromatic rings. The first-order valence-electron chi connectivity index (χ1n) is 8.61. The Hall–Kier alpha value is -1.55. The lowest BCUT2D eigenvalue weighted by atomic mass is 9.88. The molecule has 3 rings (SSSR count). The van der Waals surface area contributed by atoms with E-state index in [1.54, 1.807) is 6.07 Å². The summed E-state index contributed by atoms with van der Waals surface area (Å²) < 4.78 is 0. The van der Waals surface area contributed by atoms with Crippen LogP contribution in [0.25, 0.3) is 0 Å². The van der Waals surface area contributed by atoms with Crippen LogP contribution in [0.3, 0.4) is 0 Å². The van der Waals surface area contributed by atoms with E-state index in [2.05, 4.69) is 29.7 Å². The highest BCUT2D eigenvalue weighted by molar-refractivity contribution is 6.42. The first kappa shape index (κ1) is 18.2. The quantitative estimate of drug-likeness (QED) is 0.802. The van der Waals surface area contributed by atoms with Crippen LogP contribution in [-0.2, 0) is 4.79 Å². The Morgan fingerprint density at radius 2 is 1.92 bits per heavy atom. The number of nitrogens with one attached hydrogen (secondary N) is 2. The molecular weight excluding hydrogens is 355 g/mol. The molecule has 0 spiro atoms. The van der Waals surface area contributed by atoms with Crippen molar-refractivity contribution in [3.63, 3.8) is 0 Å². The summed E-state index contributed by atoms with van der Waals surface area (Å²) in [5, 5.41) is 7.61. The molecule has 3 unspecified atom stereocenters. The molecule has 2 N–H and O–H groups in total. The fourth-order valence-corrected chi connectivity index (χ4v) is 3.74. The summed E-state index contributed by atoms with van der Waals surface area (Å²) in [6.45, 7) is 3.52. The van der Waals surface area contributed by atoms with Gasteiger partial charge in [-0.15, -0.1) is 0 Å². The Bertz CT molecular complexity index is 736. The topological polar surface area (TPSA) is 41.1 Å². The van der Waals surface area contributed by atoms with E-state index < -0.39 is 0 Å². The number of benzene rings is 2. The van der Waals surface area contributed by atoms with Gasteiger partial charge in [-0.3, -0.25) is 4.79 Å². The molecule has 1 amide bonds. The van der Waals surface area contributed by atoms with E-state index in [0.717, 1.165) is 24.1 Å². The monoisotopic (exact) mass is 376 g/mol. The number of amides is 1. The first-order chi connectivity index (χ1) is 12.1. The molecule has 5 heteroatoms. The number of carbonyl (C=O) groups is 1. The smallest absolute Gasteiger partial charge is 0.225 e. The van der Waals surface area contributed by atoms with Crippen molar-refractivity contribution >= 4 is 29.1 Å². The fourth-order valence-electron chi connectivity index (χ4n) is 3.43. The van der Waals surface area contributed by atoms with Crippen molar-refractivity contribution in [3.8, 4) is 0 Å². The van der Waals surface area contributed by atoms with Crippen LogP contribution in [0.4, 0.5) is 0 Å². The van der Waals surface area contributed by atoms with Crippen molar-refractivity contribution in [2.75, 3.05) is 13.1 Å². The van der Waals surface area contributed by atoms with Gasteiger partial charge in [0.1, 0.15) is 0 Å². The number of rotatable bonds is 5. The number of hydrogen-bond acceptors (Lipinski definition) is 2. The molecule has 1 aliphatic heterocycles. The largest absolute Gasteiger partial charge is 0.349 e. The molecule has 1 saturated heterocycles. The third-order valence-electron chi connectivity index (χ3n) is 4.85. The van der Waals surface area contributed by atoms with E-state index in [4.69, 9.17) is 23.2 Å². The lowest BCUT2D eigenvalue weighted by molar-refractivity contribution is -0.125. The molecule has 25 heavy (non-hydrogen) atoms. The second kappa shape index (κ2) is 8.22. The maximum atomic E-state index is 12.9. The molecule has 0 saturated carbocycles. The molecule has 0 aliphatic carbocycles. The minimum absolute atomic E-state index is 0.0313. The van der Waals surface area contributed by atoms with Crippen molar-refractivity contribution in [2.24, 2.45) is 5.92 Å². The SMILES string of the molecule is CCC(NC(=O)C1CNCC1c1ccc(Cl)c(Cl)c1)c1ccccc1. The van der Waals surface area contributed by atoms with E-state index >= 15 is 0 Å². The maximum Gasteiger partial charge on any atom is 0.225 e. The first-order valence-corrected chi connectivity index (χ1v) is 9.36. The van der Waals surface area contributed by atoms with Gasteiger partial charge in [-0.2, -0.15) is 0 Å². The van der Waals surface area contributed by atoms with Crippen LogP contribution in [0.2, 0.25) is 10.0 Å². The van der Waals surface area contributed by atoms with Gasteiger partial charge >= 0.3 is 0 Å². The predicted molar refractivity (Wildman–Crippen MR) is 103 cm³/mol. The highest BCUT2D eigenvalue weighted by Gasteiger charge is 2.35. The third kappa shape index (κ3) is 4.17. The zero-order chi connectivity index (χ0) is 17.8. The molecule has 2 aromatic carbocycles. The maximum absolute atomic E-state index is 12.9. The van der Waals surface area contributed by atoms with E-state index in [9.17, 15) is 4.79 Å². The summed E-state index contributed by atoms with van der Waals surface area (Å²) >= 11 is 12.2. The van der Waals surface area contributed by atoms with Crippen molar-refractivity contribution in [3.05, 3.63) is 69.7 Å². The van der Waals surface area contributed by atoms with Gasteiger partial charge < -0.3 is 10.6 Å². The molecule has 1 aliphatic rings. The van der Waals surface area contributed by atoms with E-state index in [1.165, 1.54) is 0 Å². The van der Waals surface area contributed by atoms with Crippen molar-refractivity contribution in [1.82, 2.24) is 10.6 Å². The van der Waals surface area contributed by atoms with Gasteiger partial charge in [-0.25, -0.2) is 0 Å². The van der Waals surface area contributed by atoms with Gasteiger partial charge in [-0.05, 0) is 29.7 Å². The molecule has 3 atom stereocenters. The highest BCUT2D eigenvalue weighted by Crippen LogP contribution is 2.33. The van der Waals surface area contributed by atoms with Crippen LogP contribution >= 0.6 is 23.2 Å². The van der Waals surface area contributed by atoms with Gasteiger partial charge in [0.25, 0.3) is 0 Å². The van der Waals surface area contributed by atoms with Crippen LogP contribution < -0.4 is 10.6 Å². The zero-order valence-electron chi connectivity index (χ0n) is 14.1. The molecule has 0 aromatic heterocycles. The van der Waals surface area contributed by atoms with E-state index in [1.807, 2.05) is 30.3 Å². The average Bonchev–Trinajstić information content (AvgIpc) is 3.12. The van der Waals surface area contributed by atoms with Crippen LogP contribution in [0.5, 0.6) is 0 Å². The Morgan fingerprint density at radius 3 is 2.60 bits per heavy atom. The minimum Gasteiger partial charge on any atom is -0.349 e. The number of hydrogen-bond donors (Lipinski definition) is 2. The summed E-state index contributed by atoms with van der Waals surface area (Å²) in [6.07, 6.45) is 0.855. The summed E-state index contributed by atoms with van der Waals surface area (Å²) in [5.74, 6) is 0.0647. The minimum atomic E-state index is -0.116. The van der Waals surface area contributed by atoms with Gasteiger partial charge in [0.2, 0.25) is 5.91 Å². The van der Waals surface area contributed by atoms with Crippen LogP contribution in [0, 0.1) is 5.92 Å².